The van der Waals surface area contributed by atoms with E-state index in [2.05, 4.69) is 0 Å². The fraction of sp³-hybridized carbons (Fsp3) is 0.833. The molecule has 0 bridgehead atoms. The second-order valence-corrected chi connectivity index (χ2v) is 5.70. The number of hydrogen-bond acceptors (Lipinski definition) is 4. The van der Waals surface area contributed by atoms with Crippen molar-refractivity contribution >= 4 is 12.1 Å². The lowest BCUT2D eigenvalue weighted by Crippen LogP contribution is -2.52. The lowest BCUT2D eigenvalue weighted by molar-refractivity contribution is -0.144. The number of carboxylic acid groups (broad SMARTS) is 1. The predicted octanol–water partition coefficient (Wildman–Crippen LogP) is 0.936. The molecule has 6 heteroatoms. The van der Waals surface area contributed by atoms with Crippen LogP contribution < -0.4 is 0 Å². The molecule has 0 aromatic heterocycles. The van der Waals surface area contributed by atoms with Crippen molar-refractivity contribution in [2.24, 2.45) is 11.8 Å². The zero-order valence-corrected chi connectivity index (χ0v) is 11.0. The molecule has 0 aliphatic carbocycles. The SMILES string of the molecule is CC(C)(C)OC(=O)N1CC(CC(CO)C(=O)O)C1. The van der Waals surface area contributed by atoms with E-state index in [0.29, 0.717) is 19.5 Å². The van der Waals surface area contributed by atoms with Gasteiger partial charge in [0.2, 0.25) is 0 Å². The Balaban J connectivity index is 2.31. The van der Waals surface area contributed by atoms with Gasteiger partial charge in [-0.2, -0.15) is 0 Å². The normalized spacial score (nSPS) is 18.1. The number of hydrogen-bond donors (Lipinski definition) is 2. The fourth-order valence-corrected chi connectivity index (χ4v) is 1.85. The Bertz CT molecular complexity index is 317. The van der Waals surface area contributed by atoms with Crippen molar-refractivity contribution in [3.05, 3.63) is 0 Å². The molecule has 0 spiro atoms. The smallest absolute Gasteiger partial charge is 0.410 e. The first-order valence-corrected chi connectivity index (χ1v) is 6.04. The Morgan fingerprint density at radius 2 is 1.94 bits per heavy atom. The molecule has 1 aliphatic rings. The molecule has 0 aromatic carbocycles. The minimum atomic E-state index is -0.992. The van der Waals surface area contributed by atoms with Crippen LogP contribution in [0.4, 0.5) is 4.79 Å². The zero-order chi connectivity index (χ0) is 13.9. The number of ether oxygens (including phenoxy) is 1. The molecule has 1 amide bonds. The van der Waals surface area contributed by atoms with Crippen LogP contribution in [0.3, 0.4) is 0 Å². The molecule has 1 unspecified atom stereocenters. The van der Waals surface area contributed by atoms with Gasteiger partial charge in [-0.15, -0.1) is 0 Å². The molecule has 0 aromatic rings. The highest BCUT2D eigenvalue weighted by Gasteiger charge is 2.35. The summed E-state index contributed by atoms with van der Waals surface area (Å²) in [5, 5.41) is 17.7. The molecule has 1 atom stereocenters. The van der Waals surface area contributed by atoms with Crippen LogP contribution >= 0.6 is 0 Å². The van der Waals surface area contributed by atoms with Crippen molar-refractivity contribution in [3.63, 3.8) is 0 Å². The number of likely N-dealkylation sites (tertiary alicyclic amines) is 1. The second-order valence-electron chi connectivity index (χ2n) is 5.70. The number of carboxylic acids is 1. The quantitative estimate of drug-likeness (QED) is 0.784. The molecule has 1 fully saturated rings. The number of rotatable bonds is 4. The first kappa shape index (κ1) is 14.8. The maximum atomic E-state index is 11.6. The Kier molecular flexibility index (Phi) is 4.56. The summed E-state index contributed by atoms with van der Waals surface area (Å²) in [6.45, 7) is 6.03. The maximum absolute atomic E-state index is 11.6. The van der Waals surface area contributed by atoms with Gasteiger partial charge in [0.15, 0.2) is 0 Å². The zero-order valence-electron chi connectivity index (χ0n) is 11.0. The lowest BCUT2D eigenvalue weighted by Gasteiger charge is -2.40. The summed E-state index contributed by atoms with van der Waals surface area (Å²) in [5.41, 5.74) is -0.517. The largest absolute Gasteiger partial charge is 0.481 e. The minimum absolute atomic E-state index is 0.130. The molecular weight excluding hydrogens is 238 g/mol. The standard InChI is InChI=1S/C12H21NO5/c1-12(2,3)18-11(17)13-5-8(6-13)4-9(7-14)10(15)16/h8-9,14H,4-7H2,1-3H3,(H,15,16). The monoisotopic (exact) mass is 259 g/mol. The molecule has 1 rings (SSSR count). The summed E-state index contributed by atoms with van der Waals surface area (Å²) in [6.07, 6.45) is 0.0279. The summed E-state index contributed by atoms with van der Waals surface area (Å²) in [7, 11) is 0. The Morgan fingerprint density at radius 1 is 1.39 bits per heavy atom. The van der Waals surface area contributed by atoms with Gasteiger partial charge in [-0.25, -0.2) is 4.79 Å². The Hall–Kier alpha value is -1.30. The topological polar surface area (TPSA) is 87.1 Å². The molecule has 18 heavy (non-hydrogen) atoms. The van der Waals surface area contributed by atoms with Crippen molar-refractivity contribution < 1.29 is 24.5 Å². The van der Waals surface area contributed by atoms with E-state index in [4.69, 9.17) is 14.9 Å². The van der Waals surface area contributed by atoms with Crippen molar-refractivity contribution in [2.75, 3.05) is 19.7 Å². The van der Waals surface area contributed by atoms with Gasteiger partial charge < -0.3 is 19.8 Å². The van der Waals surface area contributed by atoms with Crippen LogP contribution in [0.5, 0.6) is 0 Å². The van der Waals surface area contributed by atoms with Crippen molar-refractivity contribution in [1.82, 2.24) is 4.90 Å². The number of amides is 1. The highest BCUT2D eigenvalue weighted by molar-refractivity contribution is 5.71. The van der Waals surface area contributed by atoms with Crippen LogP contribution in [0.2, 0.25) is 0 Å². The highest BCUT2D eigenvalue weighted by atomic mass is 16.6. The molecule has 6 nitrogen and oxygen atoms in total. The lowest BCUT2D eigenvalue weighted by atomic mass is 9.89. The van der Waals surface area contributed by atoms with Gasteiger partial charge in [0.25, 0.3) is 0 Å². The first-order valence-electron chi connectivity index (χ1n) is 6.04. The number of nitrogens with zero attached hydrogens (tertiary/aromatic N) is 1. The molecule has 1 aliphatic heterocycles. The second kappa shape index (κ2) is 5.56. The number of aliphatic carboxylic acids is 1. The third kappa shape index (κ3) is 4.18. The molecule has 104 valence electrons. The fourth-order valence-electron chi connectivity index (χ4n) is 1.85. The van der Waals surface area contributed by atoms with E-state index in [9.17, 15) is 9.59 Å². The van der Waals surface area contributed by atoms with Crippen LogP contribution in [0.15, 0.2) is 0 Å². The van der Waals surface area contributed by atoms with Crippen LogP contribution in [0.1, 0.15) is 27.2 Å². The van der Waals surface area contributed by atoms with E-state index >= 15 is 0 Å². The van der Waals surface area contributed by atoms with Crippen LogP contribution in [-0.2, 0) is 9.53 Å². The van der Waals surface area contributed by atoms with Crippen LogP contribution in [0.25, 0.3) is 0 Å². The summed E-state index contributed by atoms with van der Waals surface area (Å²) < 4.78 is 5.19. The van der Waals surface area contributed by atoms with E-state index < -0.39 is 17.5 Å². The van der Waals surface area contributed by atoms with E-state index in [-0.39, 0.29) is 18.6 Å². The van der Waals surface area contributed by atoms with Gasteiger partial charge in [0, 0.05) is 13.1 Å². The molecule has 0 saturated carbocycles. The molecule has 1 saturated heterocycles. The summed E-state index contributed by atoms with van der Waals surface area (Å²) in [6, 6.07) is 0. The number of carbonyl (C=O) groups excluding carboxylic acids is 1. The molecule has 2 N–H and O–H groups in total. The number of aliphatic hydroxyl groups excluding tert-OH is 1. The molecular formula is C12H21NO5. The van der Waals surface area contributed by atoms with Gasteiger partial charge in [-0.3, -0.25) is 4.79 Å². The van der Waals surface area contributed by atoms with E-state index in [1.165, 1.54) is 0 Å². The third-order valence-corrected chi connectivity index (χ3v) is 2.80. The number of aliphatic hydroxyl groups is 1. The van der Waals surface area contributed by atoms with E-state index in [1.807, 2.05) is 0 Å². The van der Waals surface area contributed by atoms with Gasteiger partial charge in [-0.05, 0) is 33.1 Å². The molecule has 0 radical (unpaired) electrons. The minimum Gasteiger partial charge on any atom is -0.481 e. The summed E-state index contributed by atoms with van der Waals surface area (Å²) in [5.74, 6) is -1.60. The third-order valence-electron chi connectivity index (χ3n) is 2.80. The van der Waals surface area contributed by atoms with E-state index in [0.717, 1.165) is 0 Å². The van der Waals surface area contributed by atoms with Crippen LogP contribution in [-0.4, -0.2) is 52.5 Å². The molecule has 1 heterocycles. The first-order chi connectivity index (χ1) is 8.23. The van der Waals surface area contributed by atoms with Crippen LogP contribution in [0, 0.1) is 11.8 Å². The number of carbonyl (C=O) groups is 2. The maximum Gasteiger partial charge on any atom is 0.410 e. The van der Waals surface area contributed by atoms with Gasteiger partial charge >= 0.3 is 12.1 Å². The average Bonchev–Trinajstić information content (AvgIpc) is 2.12. The van der Waals surface area contributed by atoms with Gasteiger partial charge in [0.05, 0.1) is 12.5 Å². The Morgan fingerprint density at radius 3 is 2.33 bits per heavy atom. The summed E-state index contributed by atoms with van der Waals surface area (Å²) >= 11 is 0. The highest BCUT2D eigenvalue weighted by Crippen LogP contribution is 2.25. The van der Waals surface area contributed by atoms with E-state index in [1.54, 1.807) is 25.7 Å². The van der Waals surface area contributed by atoms with Crippen molar-refractivity contribution in [2.45, 2.75) is 32.8 Å². The van der Waals surface area contributed by atoms with Gasteiger partial charge in [-0.1, -0.05) is 0 Å². The Labute approximate surface area is 107 Å². The summed E-state index contributed by atoms with van der Waals surface area (Å²) in [4.78, 5) is 23.9. The van der Waals surface area contributed by atoms with Crippen molar-refractivity contribution in [3.8, 4) is 0 Å². The predicted molar refractivity (Wildman–Crippen MR) is 64.1 cm³/mol. The average molecular weight is 259 g/mol. The van der Waals surface area contributed by atoms with Crippen molar-refractivity contribution in [1.29, 1.82) is 0 Å². The van der Waals surface area contributed by atoms with Gasteiger partial charge in [0.1, 0.15) is 5.60 Å².